The molecule has 0 aliphatic carbocycles. The molecule has 0 saturated carbocycles. The van der Waals surface area contributed by atoms with Gasteiger partial charge in [-0.3, -0.25) is 0 Å². The maximum absolute atomic E-state index is 10.4. The van der Waals surface area contributed by atoms with Crippen LogP contribution < -0.4 is 0 Å². The van der Waals surface area contributed by atoms with Gasteiger partial charge in [0.05, 0.1) is 0 Å². The number of hydrogen-bond donors (Lipinski definition) is 1. The molecule has 0 aromatic carbocycles. The number of aromatic nitrogens is 1. The van der Waals surface area contributed by atoms with Crippen molar-refractivity contribution in [2.24, 2.45) is 0 Å². The molecule has 1 atom stereocenters. The van der Waals surface area contributed by atoms with Crippen LogP contribution in [-0.4, -0.2) is 13.7 Å². The van der Waals surface area contributed by atoms with Crippen LogP contribution in [0, 0.1) is 3.57 Å². The molecular formula is C5H4INO2S. The van der Waals surface area contributed by atoms with E-state index >= 15 is 0 Å². The van der Waals surface area contributed by atoms with Crippen molar-refractivity contribution in [2.75, 3.05) is 0 Å². The van der Waals surface area contributed by atoms with E-state index in [1.165, 1.54) is 6.07 Å². The molecule has 3 nitrogen and oxygen atoms in total. The molecule has 10 heavy (non-hydrogen) atoms. The highest BCUT2D eigenvalue weighted by molar-refractivity contribution is 14.1. The summed E-state index contributed by atoms with van der Waals surface area (Å²) in [6.07, 6.45) is 1.55. The zero-order valence-electron chi connectivity index (χ0n) is 4.82. The predicted molar refractivity (Wildman–Crippen MR) is 46.0 cm³/mol. The first-order valence-electron chi connectivity index (χ1n) is 2.42. The van der Waals surface area contributed by atoms with Crippen molar-refractivity contribution < 1.29 is 8.76 Å². The van der Waals surface area contributed by atoms with Gasteiger partial charge in [-0.25, -0.2) is 9.19 Å². The van der Waals surface area contributed by atoms with Crippen LogP contribution >= 0.6 is 22.6 Å². The Morgan fingerprint density at radius 3 is 2.70 bits per heavy atom. The maximum atomic E-state index is 10.4. The lowest BCUT2D eigenvalue weighted by atomic mass is 10.5. The van der Waals surface area contributed by atoms with E-state index in [0.717, 1.165) is 3.57 Å². The molecule has 0 saturated heterocycles. The number of pyridine rings is 1. The number of rotatable bonds is 1. The Bertz CT molecular complexity index is 248. The van der Waals surface area contributed by atoms with E-state index in [9.17, 15) is 4.21 Å². The van der Waals surface area contributed by atoms with E-state index < -0.39 is 11.1 Å². The summed E-state index contributed by atoms with van der Waals surface area (Å²) >= 11 is 0.125. The lowest BCUT2D eigenvalue weighted by Crippen LogP contribution is -1.91. The van der Waals surface area contributed by atoms with Gasteiger partial charge in [-0.05, 0) is 34.7 Å². The third-order valence-corrected chi connectivity index (χ3v) is 2.12. The second kappa shape index (κ2) is 3.40. The van der Waals surface area contributed by atoms with Crippen molar-refractivity contribution in [2.45, 2.75) is 5.03 Å². The summed E-state index contributed by atoms with van der Waals surface area (Å²) < 4.78 is 19.8. The summed E-state index contributed by atoms with van der Waals surface area (Å²) in [7, 11) is 0. The molecule has 1 aromatic heterocycles. The predicted octanol–water partition coefficient (Wildman–Crippen LogP) is 1.27. The Balaban J connectivity index is 3.00. The van der Waals surface area contributed by atoms with Crippen molar-refractivity contribution >= 4 is 33.7 Å². The quantitative estimate of drug-likeness (QED) is 0.617. The van der Waals surface area contributed by atoms with Crippen LogP contribution in [0.2, 0.25) is 0 Å². The van der Waals surface area contributed by atoms with Crippen LogP contribution in [0.3, 0.4) is 0 Å². The van der Waals surface area contributed by atoms with Crippen molar-refractivity contribution in [1.29, 1.82) is 0 Å². The van der Waals surface area contributed by atoms with Crippen LogP contribution in [0.4, 0.5) is 0 Å². The second-order valence-corrected chi connectivity index (χ2v) is 3.73. The summed E-state index contributed by atoms with van der Waals surface area (Å²) in [6, 6.07) is 3.26. The van der Waals surface area contributed by atoms with Crippen molar-refractivity contribution in [3.8, 4) is 0 Å². The molecule has 1 rings (SSSR count). The largest absolute Gasteiger partial charge is 0.301 e. The molecule has 1 unspecified atom stereocenters. The lowest BCUT2D eigenvalue weighted by molar-refractivity contribution is 0.560. The van der Waals surface area contributed by atoms with Crippen molar-refractivity contribution in [1.82, 2.24) is 4.98 Å². The molecule has 0 aliphatic rings. The van der Waals surface area contributed by atoms with Crippen LogP contribution in [0.15, 0.2) is 23.4 Å². The average molecular weight is 269 g/mol. The summed E-state index contributed by atoms with van der Waals surface area (Å²) in [4.78, 5) is 3.72. The highest BCUT2D eigenvalue weighted by Gasteiger charge is 1.98. The molecule has 0 amide bonds. The second-order valence-electron chi connectivity index (χ2n) is 1.56. The smallest absolute Gasteiger partial charge is 0.205 e. The van der Waals surface area contributed by atoms with Crippen LogP contribution in [-0.2, 0) is 11.1 Å². The van der Waals surface area contributed by atoms with Gasteiger partial charge in [0.1, 0.15) is 0 Å². The Kier molecular flexibility index (Phi) is 2.75. The molecule has 0 spiro atoms. The van der Waals surface area contributed by atoms with Gasteiger partial charge < -0.3 is 4.55 Å². The van der Waals surface area contributed by atoms with E-state index in [2.05, 4.69) is 27.6 Å². The summed E-state index contributed by atoms with van der Waals surface area (Å²) in [6.45, 7) is 0. The first-order valence-corrected chi connectivity index (χ1v) is 4.61. The van der Waals surface area contributed by atoms with Gasteiger partial charge in [0, 0.05) is 9.77 Å². The fourth-order valence-electron chi connectivity index (χ4n) is 0.466. The van der Waals surface area contributed by atoms with E-state index in [1.807, 2.05) is 0 Å². The van der Waals surface area contributed by atoms with E-state index in [4.69, 9.17) is 4.55 Å². The first kappa shape index (κ1) is 8.09. The van der Waals surface area contributed by atoms with Crippen LogP contribution in [0.25, 0.3) is 0 Å². The topological polar surface area (TPSA) is 50.2 Å². The molecule has 0 radical (unpaired) electrons. The summed E-state index contributed by atoms with van der Waals surface area (Å²) in [5, 5.41) is 0.195. The molecule has 1 aromatic rings. The van der Waals surface area contributed by atoms with E-state index in [1.54, 1.807) is 12.3 Å². The van der Waals surface area contributed by atoms with E-state index in [0.29, 0.717) is 0 Å². The van der Waals surface area contributed by atoms with Gasteiger partial charge in [0.15, 0.2) is 5.03 Å². The highest BCUT2D eigenvalue weighted by atomic mass is 127. The molecular weight excluding hydrogens is 265 g/mol. The van der Waals surface area contributed by atoms with Gasteiger partial charge in [0.25, 0.3) is 0 Å². The van der Waals surface area contributed by atoms with Crippen LogP contribution in [0.5, 0.6) is 0 Å². The number of nitrogens with zero attached hydrogens (tertiary/aromatic N) is 1. The Morgan fingerprint density at radius 1 is 1.60 bits per heavy atom. The number of halogens is 1. The van der Waals surface area contributed by atoms with Crippen molar-refractivity contribution in [3.63, 3.8) is 0 Å². The van der Waals surface area contributed by atoms with Gasteiger partial charge >= 0.3 is 0 Å². The minimum Gasteiger partial charge on any atom is -0.301 e. The van der Waals surface area contributed by atoms with Gasteiger partial charge in [-0.15, -0.1) is 0 Å². The standard InChI is InChI=1S/C5H4INO2S/c6-4-1-2-5(7-3-4)10(8)9/h1-3H,(H,8,9). The van der Waals surface area contributed by atoms with Crippen LogP contribution in [0.1, 0.15) is 0 Å². The first-order chi connectivity index (χ1) is 4.70. The Hall–Kier alpha value is -0.0100. The van der Waals surface area contributed by atoms with Gasteiger partial charge in [0.2, 0.25) is 11.1 Å². The molecule has 0 bridgehead atoms. The molecule has 0 fully saturated rings. The minimum atomic E-state index is -1.95. The SMILES string of the molecule is O=S(O)c1ccc(I)cn1. The third kappa shape index (κ3) is 1.99. The zero-order chi connectivity index (χ0) is 7.56. The van der Waals surface area contributed by atoms with Gasteiger partial charge in [-0.1, -0.05) is 0 Å². The molecule has 5 heteroatoms. The summed E-state index contributed by atoms with van der Waals surface area (Å²) in [5.74, 6) is 0. The summed E-state index contributed by atoms with van der Waals surface area (Å²) in [5.41, 5.74) is 0. The third-order valence-electron chi connectivity index (χ3n) is 0.879. The Labute approximate surface area is 74.3 Å². The number of hydrogen-bond acceptors (Lipinski definition) is 2. The fraction of sp³-hybridized carbons (Fsp3) is 0. The normalized spacial score (nSPS) is 13.0. The Morgan fingerprint density at radius 2 is 2.30 bits per heavy atom. The monoisotopic (exact) mass is 269 g/mol. The molecule has 1 heterocycles. The minimum absolute atomic E-state index is 0.195. The van der Waals surface area contributed by atoms with Crippen molar-refractivity contribution in [3.05, 3.63) is 21.9 Å². The molecule has 0 aliphatic heterocycles. The van der Waals surface area contributed by atoms with E-state index in [-0.39, 0.29) is 5.03 Å². The average Bonchev–Trinajstić information content (AvgIpc) is 1.88. The maximum Gasteiger partial charge on any atom is 0.205 e. The molecule has 1 N–H and O–H groups in total. The fourth-order valence-corrected chi connectivity index (χ4v) is 1.11. The highest BCUT2D eigenvalue weighted by Crippen LogP contribution is 2.04. The zero-order valence-corrected chi connectivity index (χ0v) is 7.79. The lowest BCUT2D eigenvalue weighted by Gasteiger charge is -1.91. The van der Waals surface area contributed by atoms with Gasteiger partial charge in [-0.2, -0.15) is 0 Å². The molecule has 54 valence electrons.